The van der Waals surface area contributed by atoms with Gasteiger partial charge in [0.05, 0.1) is 0 Å². The number of halogens is 3. The summed E-state index contributed by atoms with van der Waals surface area (Å²) in [5.74, 6) is 1.27. The molecule has 0 saturated heterocycles. The second-order valence-corrected chi connectivity index (χ2v) is 4.40. The smallest absolute Gasteiger partial charge is 0.211 e. The van der Waals surface area contributed by atoms with Crippen molar-refractivity contribution in [2.75, 3.05) is 5.75 Å². The Kier molecular flexibility index (Phi) is 5.26. The number of hydrogen-bond acceptors (Lipinski definition) is 1. The lowest BCUT2D eigenvalue weighted by Crippen LogP contribution is -1.92. The Hall–Kier alpha value is -0.280. The van der Waals surface area contributed by atoms with Crippen LogP contribution in [0.4, 0.5) is 8.78 Å². The summed E-state index contributed by atoms with van der Waals surface area (Å²) in [4.78, 5) is 0. The van der Waals surface area contributed by atoms with E-state index in [2.05, 4.69) is 0 Å². The molecule has 0 aliphatic carbocycles. The van der Waals surface area contributed by atoms with Crippen molar-refractivity contribution in [1.29, 1.82) is 0 Å². The fourth-order valence-corrected chi connectivity index (χ4v) is 1.99. The zero-order valence-corrected chi connectivity index (χ0v) is 9.12. The Morgan fingerprint density at radius 3 is 2.43 bits per heavy atom. The molecule has 1 rings (SSSR count). The number of thioether (sulfide) groups is 1. The van der Waals surface area contributed by atoms with Gasteiger partial charge in [0, 0.05) is 17.2 Å². The second kappa shape index (κ2) is 6.25. The zero-order valence-electron chi connectivity index (χ0n) is 7.55. The number of benzene rings is 1. The van der Waals surface area contributed by atoms with Crippen LogP contribution in [0.1, 0.15) is 12.0 Å². The van der Waals surface area contributed by atoms with E-state index in [4.69, 9.17) is 11.6 Å². The van der Waals surface area contributed by atoms with E-state index < -0.39 is 6.43 Å². The Morgan fingerprint density at radius 1 is 1.21 bits per heavy atom. The van der Waals surface area contributed by atoms with Gasteiger partial charge in [-0.25, -0.2) is 8.78 Å². The molecule has 0 fully saturated rings. The monoisotopic (exact) mass is 236 g/mol. The van der Waals surface area contributed by atoms with Crippen molar-refractivity contribution in [1.82, 2.24) is 0 Å². The van der Waals surface area contributed by atoms with E-state index in [0.717, 1.165) is 11.3 Å². The molecule has 4 heteroatoms. The normalized spacial score (nSPS) is 10.9. The highest BCUT2D eigenvalue weighted by Crippen LogP contribution is 2.17. The maximum absolute atomic E-state index is 11.8. The highest BCUT2D eigenvalue weighted by atomic mass is 35.5. The summed E-state index contributed by atoms with van der Waals surface area (Å²) in [7, 11) is 0. The van der Waals surface area contributed by atoms with Crippen LogP contribution in [0.5, 0.6) is 0 Å². The molecule has 0 unspecified atom stereocenters. The van der Waals surface area contributed by atoms with Crippen molar-refractivity contribution >= 4 is 23.4 Å². The maximum atomic E-state index is 11.8. The molecule has 0 aliphatic rings. The molecule has 0 nitrogen and oxygen atoms in total. The Labute approximate surface area is 91.6 Å². The topological polar surface area (TPSA) is 0 Å². The molecule has 0 radical (unpaired) electrons. The van der Waals surface area contributed by atoms with E-state index in [0.29, 0.717) is 10.8 Å². The first-order chi connectivity index (χ1) is 6.68. The van der Waals surface area contributed by atoms with Gasteiger partial charge in [0.25, 0.3) is 0 Å². The van der Waals surface area contributed by atoms with Crippen LogP contribution in [0.15, 0.2) is 24.3 Å². The SMILES string of the molecule is FC(F)CCSCc1ccc(Cl)cc1. The van der Waals surface area contributed by atoms with Crippen LogP contribution in [0.25, 0.3) is 0 Å². The Morgan fingerprint density at radius 2 is 1.86 bits per heavy atom. The van der Waals surface area contributed by atoms with Crippen LogP contribution < -0.4 is 0 Å². The number of hydrogen-bond donors (Lipinski definition) is 0. The van der Waals surface area contributed by atoms with Gasteiger partial charge in [-0.3, -0.25) is 0 Å². The Balaban J connectivity index is 2.21. The van der Waals surface area contributed by atoms with Crippen molar-refractivity contribution in [2.45, 2.75) is 18.6 Å². The van der Waals surface area contributed by atoms with Gasteiger partial charge >= 0.3 is 0 Å². The second-order valence-electron chi connectivity index (χ2n) is 2.86. The van der Waals surface area contributed by atoms with Gasteiger partial charge in [-0.15, -0.1) is 0 Å². The van der Waals surface area contributed by atoms with Crippen molar-refractivity contribution in [3.8, 4) is 0 Å². The first-order valence-electron chi connectivity index (χ1n) is 4.29. The Bertz CT molecular complexity index is 261. The third-order valence-electron chi connectivity index (χ3n) is 1.66. The molecule has 78 valence electrons. The predicted molar refractivity (Wildman–Crippen MR) is 58.2 cm³/mol. The molecular formula is C10H11ClF2S. The molecule has 1 aromatic carbocycles. The number of alkyl halides is 2. The molecule has 14 heavy (non-hydrogen) atoms. The summed E-state index contributed by atoms with van der Waals surface area (Å²) < 4.78 is 23.6. The lowest BCUT2D eigenvalue weighted by Gasteiger charge is -2.01. The van der Waals surface area contributed by atoms with Gasteiger partial charge in [0.15, 0.2) is 0 Å². The first kappa shape index (κ1) is 11.8. The van der Waals surface area contributed by atoms with Gasteiger partial charge in [-0.05, 0) is 23.4 Å². The summed E-state index contributed by atoms with van der Waals surface area (Å²) in [6, 6.07) is 7.45. The highest BCUT2D eigenvalue weighted by molar-refractivity contribution is 7.98. The van der Waals surface area contributed by atoms with Crippen LogP contribution in [-0.2, 0) is 5.75 Å². The molecular weight excluding hydrogens is 226 g/mol. The maximum Gasteiger partial charge on any atom is 0.239 e. The summed E-state index contributed by atoms with van der Waals surface area (Å²) in [6.07, 6.45) is -2.22. The van der Waals surface area contributed by atoms with Gasteiger partial charge in [0.2, 0.25) is 6.43 Å². The van der Waals surface area contributed by atoms with Crippen LogP contribution in [0.2, 0.25) is 5.02 Å². The molecule has 0 atom stereocenters. The number of rotatable bonds is 5. The van der Waals surface area contributed by atoms with E-state index >= 15 is 0 Å². The van der Waals surface area contributed by atoms with E-state index in [1.807, 2.05) is 24.3 Å². The molecule has 0 heterocycles. The summed E-state index contributed by atoms with van der Waals surface area (Å²) in [6.45, 7) is 0. The molecule has 0 aromatic heterocycles. The average molecular weight is 237 g/mol. The van der Waals surface area contributed by atoms with Crippen LogP contribution in [0.3, 0.4) is 0 Å². The lowest BCUT2D eigenvalue weighted by molar-refractivity contribution is 0.145. The van der Waals surface area contributed by atoms with Crippen LogP contribution >= 0.6 is 23.4 Å². The van der Waals surface area contributed by atoms with E-state index in [1.54, 1.807) is 0 Å². The van der Waals surface area contributed by atoms with Crippen LogP contribution in [0, 0.1) is 0 Å². The molecule has 0 saturated carbocycles. The lowest BCUT2D eigenvalue weighted by atomic mass is 10.2. The highest BCUT2D eigenvalue weighted by Gasteiger charge is 2.01. The third kappa shape index (κ3) is 4.82. The van der Waals surface area contributed by atoms with Crippen LogP contribution in [-0.4, -0.2) is 12.2 Å². The minimum absolute atomic E-state index is 0.0295. The molecule has 0 N–H and O–H groups in total. The first-order valence-corrected chi connectivity index (χ1v) is 5.82. The molecule has 0 amide bonds. The molecule has 1 aromatic rings. The minimum Gasteiger partial charge on any atom is -0.211 e. The molecule has 0 bridgehead atoms. The zero-order chi connectivity index (χ0) is 10.4. The quantitative estimate of drug-likeness (QED) is 0.690. The fraction of sp³-hybridized carbons (Fsp3) is 0.400. The van der Waals surface area contributed by atoms with E-state index in [-0.39, 0.29) is 6.42 Å². The van der Waals surface area contributed by atoms with Gasteiger partial charge in [-0.2, -0.15) is 11.8 Å². The molecule has 0 aliphatic heterocycles. The third-order valence-corrected chi connectivity index (χ3v) is 2.98. The standard InChI is InChI=1S/C10H11ClF2S/c11-9-3-1-8(2-4-9)7-14-6-5-10(12)13/h1-4,10H,5-7H2. The van der Waals surface area contributed by atoms with Gasteiger partial charge < -0.3 is 0 Å². The molecule has 0 spiro atoms. The van der Waals surface area contributed by atoms with Crippen molar-refractivity contribution in [3.63, 3.8) is 0 Å². The van der Waals surface area contributed by atoms with E-state index in [1.165, 1.54) is 11.8 Å². The summed E-state index contributed by atoms with van der Waals surface area (Å²) in [5.41, 5.74) is 1.12. The van der Waals surface area contributed by atoms with Gasteiger partial charge in [0.1, 0.15) is 0 Å². The van der Waals surface area contributed by atoms with Crippen molar-refractivity contribution < 1.29 is 8.78 Å². The van der Waals surface area contributed by atoms with E-state index in [9.17, 15) is 8.78 Å². The minimum atomic E-state index is -2.19. The van der Waals surface area contributed by atoms with Crippen molar-refractivity contribution in [2.24, 2.45) is 0 Å². The van der Waals surface area contributed by atoms with Gasteiger partial charge in [-0.1, -0.05) is 23.7 Å². The summed E-state index contributed by atoms with van der Waals surface area (Å²) >= 11 is 7.23. The average Bonchev–Trinajstić information content (AvgIpc) is 2.15. The largest absolute Gasteiger partial charge is 0.239 e. The predicted octanol–water partition coefficient (Wildman–Crippen LogP) is 4.23. The summed E-state index contributed by atoms with van der Waals surface area (Å²) in [5, 5.41) is 0.700. The van der Waals surface area contributed by atoms with Crippen molar-refractivity contribution in [3.05, 3.63) is 34.9 Å². The fourth-order valence-electron chi connectivity index (χ4n) is 0.943.